The number of hydrogen-bond acceptors (Lipinski definition) is 4. The highest BCUT2D eigenvalue weighted by Gasteiger charge is 2.08. The topological polar surface area (TPSA) is 83.5 Å². The summed E-state index contributed by atoms with van der Waals surface area (Å²) in [5.74, 6) is -1.27. The zero-order chi connectivity index (χ0) is 15.4. The lowest BCUT2D eigenvalue weighted by Gasteiger charge is -2.09. The van der Waals surface area contributed by atoms with E-state index in [0.29, 0.717) is 11.3 Å². The van der Waals surface area contributed by atoms with E-state index in [1.165, 1.54) is 6.20 Å². The Morgan fingerprint density at radius 1 is 1.33 bits per heavy atom. The molecule has 0 amide bonds. The smallest absolute Gasteiger partial charge is 0.188 e. The van der Waals surface area contributed by atoms with Crippen LogP contribution in [0.4, 0.5) is 14.5 Å². The van der Waals surface area contributed by atoms with Gasteiger partial charge in [-0.15, -0.1) is 0 Å². The molecule has 4 N–H and O–H groups in total. The van der Waals surface area contributed by atoms with E-state index in [-0.39, 0.29) is 22.5 Å². The van der Waals surface area contributed by atoms with Crippen molar-refractivity contribution in [1.29, 1.82) is 0 Å². The molecule has 0 saturated carbocycles. The molecule has 0 aliphatic rings. The van der Waals surface area contributed by atoms with Crippen LogP contribution in [0.3, 0.4) is 0 Å². The fourth-order valence-corrected chi connectivity index (χ4v) is 1.95. The highest BCUT2D eigenvalue weighted by atomic mass is 79.9. The van der Waals surface area contributed by atoms with Crippen LogP contribution < -0.4 is 11.1 Å². The third-order valence-electron chi connectivity index (χ3n) is 2.69. The minimum atomic E-state index is -0.575. The van der Waals surface area contributed by atoms with Gasteiger partial charge in [-0.1, -0.05) is 5.16 Å². The molecule has 110 valence electrons. The minimum Gasteiger partial charge on any atom is -0.409 e. The number of nitrogens with two attached hydrogens (primary N) is 1. The number of rotatable bonds is 4. The average molecular weight is 357 g/mol. The highest BCUT2D eigenvalue weighted by molar-refractivity contribution is 9.10. The third-order valence-corrected chi connectivity index (χ3v) is 3.30. The van der Waals surface area contributed by atoms with Gasteiger partial charge in [-0.25, -0.2) is 8.78 Å². The molecule has 0 bridgehead atoms. The molecule has 0 aliphatic heterocycles. The van der Waals surface area contributed by atoms with E-state index in [1.807, 2.05) is 0 Å². The second-order valence-corrected chi connectivity index (χ2v) is 4.99. The van der Waals surface area contributed by atoms with Crippen LogP contribution in [-0.2, 0) is 6.54 Å². The van der Waals surface area contributed by atoms with Crippen molar-refractivity contribution in [2.24, 2.45) is 10.9 Å². The number of oxime groups is 1. The van der Waals surface area contributed by atoms with Crippen LogP contribution in [0.2, 0.25) is 0 Å². The first kappa shape index (κ1) is 15.2. The van der Waals surface area contributed by atoms with Crippen molar-refractivity contribution in [2.75, 3.05) is 5.32 Å². The van der Waals surface area contributed by atoms with E-state index in [0.717, 1.165) is 12.1 Å². The van der Waals surface area contributed by atoms with Crippen LogP contribution in [0.5, 0.6) is 0 Å². The summed E-state index contributed by atoms with van der Waals surface area (Å²) in [6.45, 7) is 0.228. The largest absolute Gasteiger partial charge is 0.409 e. The quantitative estimate of drug-likeness (QED) is 0.258. The van der Waals surface area contributed by atoms with Gasteiger partial charge in [0, 0.05) is 18.8 Å². The van der Waals surface area contributed by atoms with Crippen molar-refractivity contribution in [2.45, 2.75) is 6.54 Å². The number of anilines is 1. The fourth-order valence-electron chi connectivity index (χ4n) is 1.63. The minimum absolute atomic E-state index is 0.0397. The maximum Gasteiger partial charge on any atom is 0.188 e. The number of nitrogens with one attached hydrogen (secondary N) is 1. The second-order valence-electron chi connectivity index (χ2n) is 4.13. The van der Waals surface area contributed by atoms with Gasteiger partial charge in [0.15, 0.2) is 5.84 Å². The summed E-state index contributed by atoms with van der Waals surface area (Å²) in [5, 5.41) is 14.2. The van der Waals surface area contributed by atoms with E-state index in [9.17, 15) is 8.78 Å². The van der Waals surface area contributed by atoms with Gasteiger partial charge in [-0.2, -0.15) is 0 Å². The Labute approximate surface area is 127 Å². The summed E-state index contributed by atoms with van der Waals surface area (Å²) in [6, 6.07) is 5.36. The van der Waals surface area contributed by atoms with Crippen molar-refractivity contribution in [3.05, 3.63) is 57.8 Å². The predicted molar refractivity (Wildman–Crippen MR) is 78.1 cm³/mol. The maximum atomic E-state index is 13.7. The molecule has 0 unspecified atom stereocenters. The first-order chi connectivity index (χ1) is 10.0. The van der Waals surface area contributed by atoms with Gasteiger partial charge in [-0.05, 0) is 39.7 Å². The molecular formula is C13H11BrF2N4O. The van der Waals surface area contributed by atoms with E-state index >= 15 is 0 Å². The van der Waals surface area contributed by atoms with Gasteiger partial charge in [0.25, 0.3) is 0 Å². The highest BCUT2D eigenvalue weighted by Crippen LogP contribution is 2.23. The lowest BCUT2D eigenvalue weighted by Crippen LogP contribution is -2.15. The van der Waals surface area contributed by atoms with Gasteiger partial charge in [-0.3, -0.25) is 4.98 Å². The first-order valence-electron chi connectivity index (χ1n) is 5.82. The Morgan fingerprint density at radius 2 is 2.10 bits per heavy atom. The Kier molecular flexibility index (Phi) is 4.69. The number of halogens is 3. The normalized spacial score (nSPS) is 11.5. The number of benzene rings is 1. The number of pyridine rings is 1. The van der Waals surface area contributed by atoms with Crippen molar-refractivity contribution in [1.82, 2.24) is 4.98 Å². The molecule has 1 aromatic carbocycles. The van der Waals surface area contributed by atoms with E-state index in [4.69, 9.17) is 10.9 Å². The fraction of sp³-hybridized carbons (Fsp3) is 0.0769. The molecule has 0 spiro atoms. The van der Waals surface area contributed by atoms with Crippen molar-refractivity contribution < 1.29 is 14.0 Å². The monoisotopic (exact) mass is 356 g/mol. The summed E-state index contributed by atoms with van der Waals surface area (Å²) >= 11 is 2.91. The SMILES string of the molecule is N/C(=N/O)c1cc(CNc2cc(F)c(Br)cc2F)ccn1. The third kappa shape index (κ3) is 3.66. The predicted octanol–water partition coefficient (Wildman–Crippen LogP) is 2.83. The zero-order valence-corrected chi connectivity index (χ0v) is 12.2. The lowest BCUT2D eigenvalue weighted by molar-refractivity contribution is 0.318. The first-order valence-corrected chi connectivity index (χ1v) is 6.62. The van der Waals surface area contributed by atoms with Crippen LogP contribution in [0.1, 0.15) is 11.3 Å². The van der Waals surface area contributed by atoms with Crippen molar-refractivity contribution in [3.8, 4) is 0 Å². The number of nitrogens with zero attached hydrogens (tertiary/aromatic N) is 2. The van der Waals surface area contributed by atoms with E-state index < -0.39 is 11.6 Å². The zero-order valence-electron chi connectivity index (χ0n) is 10.6. The second kappa shape index (κ2) is 6.49. The maximum absolute atomic E-state index is 13.7. The average Bonchev–Trinajstić information content (AvgIpc) is 2.49. The van der Waals surface area contributed by atoms with Crippen LogP contribution in [0.25, 0.3) is 0 Å². The molecule has 1 aromatic heterocycles. The Morgan fingerprint density at radius 3 is 2.81 bits per heavy atom. The molecule has 5 nitrogen and oxygen atoms in total. The van der Waals surface area contributed by atoms with Crippen LogP contribution in [-0.4, -0.2) is 16.0 Å². The molecule has 0 radical (unpaired) electrons. The summed E-state index contributed by atoms with van der Waals surface area (Å²) in [5.41, 5.74) is 6.48. The molecule has 8 heteroatoms. The summed E-state index contributed by atoms with van der Waals surface area (Å²) in [7, 11) is 0. The Bertz CT molecular complexity index is 694. The van der Waals surface area contributed by atoms with Gasteiger partial charge in [0.2, 0.25) is 0 Å². The summed E-state index contributed by atoms with van der Waals surface area (Å²) in [6.07, 6.45) is 1.48. The number of hydrogen-bond donors (Lipinski definition) is 3. The lowest BCUT2D eigenvalue weighted by atomic mass is 10.2. The Hall–Kier alpha value is -2.22. The van der Waals surface area contributed by atoms with E-state index in [1.54, 1.807) is 12.1 Å². The molecule has 2 rings (SSSR count). The molecule has 0 aliphatic carbocycles. The summed E-state index contributed by atoms with van der Waals surface area (Å²) < 4.78 is 27.1. The molecule has 1 heterocycles. The van der Waals surface area contributed by atoms with Gasteiger partial charge >= 0.3 is 0 Å². The van der Waals surface area contributed by atoms with Crippen LogP contribution >= 0.6 is 15.9 Å². The van der Waals surface area contributed by atoms with Gasteiger partial charge in [0.1, 0.15) is 17.3 Å². The number of aromatic nitrogens is 1. The van der Waals surface area contributed by atoms with Crippen LogP contribution in [0.15, 0.2) is 40.1 Å². The summed E-state index contributed by atoms with van der Waals surface area (Å²) in [4.78, 5) is 3.92. The van der Waals surface area contributed by atoms with Gasteiger partial charge < -0.3 is 16.3 Å². The van der Waals surface area contributed by atoms with Gasteiger partial charge in [0.05, 0.1) is 10.2 Å². The molecule has 0 fully saturated rings. The van der Waals surface area contributed by atoms with E-state index in [2.05, 4.69) is 31.4 Å². The number of amidine groups is 1. The molecule has 0 saturated heterocycles. The van der Waals surface area contributed by atoms with Crippen molar-refractivity contribution >= 4 is 27.5 Å². The molecule has 21 heavy (non-hydrogen) atoms. The van der Waals surface area contributed by atoms with Crippen molar-refractivity contribution in [3.63, 3.8) is 0 Å². The molecule has 0 atom stereocenters. The Balaban J connectivity index is 2.15. The molecule has 2 aromatic rings. The standard InChI is InChI=1S/C13H11BrF2N4O/c14-8-4-10(16)11(5-9(8)15)19-6-7-1-2-18-12(3-7)13(17)20-21/h1-5,19,21H,6H2,(H2,17,20). The van der Waals surface area contributed by atoms with Crippen LogP contribution in [0, 0.1) is 11.6 Å². The molecular weight excluding hydrogens is 346 g/mol.